The monoisotopic (exact) mass is 494 g/mol. The van der Waals surface area contributed by atoms with Crippen LogP contribution in [-0.2, 0) is 11.9 Å². The summed E-state index contributed by atoms with van der Waals surface area (Å²) in [5.74, 6) is -1.70. The number of pyridine rings is 1. The molecule has 0 saturated heterocycles. The highest BCUT2D eigenvalue weighted by Crippen LogP contribution is 2.37. The maximum absolute atomic E-state index is 13.4. The summed E-state index contributed by atoms with van der Waals surface area (Å²) in [6.07, 6.45) is -1.92. The van der Waals surface area contributed by atoms with E-state index in [1.807, 2.05) is 0 Å². The molecular formula is C21H18F4N6O2S. The SMILES string of the molecule is C[C@H]1CN(c2ccc(C(F)(F)F)c(CSF)c2)C(=O)c2c(NC(=O)c3cccnc3N)cnn21. The van der Waals surface area contributed by atoms with Gasteiger partial charge in [-0.3, -0.25) is 14.3 Å². The first-order valence-corrected chi connectivity index (χ1v) is 10.8. The van der Waals surface area contributed by atoms with Gasteiger partial charge < -0.3 is 16.0 Å². The maximum Gasteiger partial charge on any atom is 0.416 e. The summed E-state index contributed by atoms with van der Waals surface area (Å²) in [5, 5.41) is 6.78. The number of nitrogens with one attached hydrogen (secondary N) is 1. The molecule has 0 aliphatic carbocycles. The van der Waals surface area contributed by atoms with Crippen LogP contribution in [0.3, 0.4) is 0 Å². The zero-order chi connectivity index (χ0) is 24.6. The van der Waals surface area contributed by atoms with Gasteiger partial charge in [0.15, 0.2) is 5.69 Å². The Morgan fingerprint density at radius 2 is 2.09 bits per heavy atom. The fourth-order valence-electron chi connectivity index (χ4n) is 3.78. The fourth-order valence-corrected chi connectivity index (χ4v) is 4.13. The summed E-state index contributed by atoms with van der Waals surface area (Å²) in [6, 6.07) is 5.80. The molecule has 3 aromatic rings. The van der Waals surface area contributed by atoms with Crippen LogP contribution in [0, 0.1) is 0 Å². The zero-order valence-electron chi connectivity index (χ0n) is 17.6. The predicted molar refractivity (Wildman–Crippen MR) is 119 cm³/mol. The summed E-state index contributed by atoms with van der Waals surface area (Å²) in [6.45, 7) is 1.88. The summed E-state index contributed by atoms with van der Waals surface area (Å²) < 4.78 is 54.2. The molecule has 178 valence electrons. The van der Waals surface area contributed by atoms with Gasteiger partial charge >= 0.3 is 6.18 Å². The average molecular weight is 494 g/mol. The van der Waals surface area contributed by atoms with Crippen molar-refractivity contribution in [3.05, 3.63) is 65.1 Å². The molecule has 1 aromatic carbocycles. The zero-order valence-corrected chi connectivity index (χ0v) is 18.5. The average Bonchev–Trinajstić information content (AvgIpc) is 3.20. The maximum atomic E-state index is 13.4. The van der Waals surface area contributed by atoms with Crippen LogP contribution >= 0.6 is 12.1 Å². The number of nitrogens with two attached hydrogens (primary N) is 1. The first kappa shape index (κ1) is 23.5. The number of anilines is 3. The van der Waals surface area contributed by atoms with Gasteiger partial charge in [-0.15, -0.1) is 0 Å². The molecule has 1 atom stereocenters. The highest BCUT2D eigenvalue weighted by Gasteiger charge is 2.37. The van der Waals surface area contributed by atoms with E-state index in [-0.39, 0.29) is 58.7 Å². The summed E-state index contributed by atoms with van der Waals surface area (Å²) >= 11 is -0.240. The second-order valence-electron chi connectivity index (χ2n) is 7.60. The number of aromatic nitrogens is 3. The molecule has 0 radical (unpaired) electrons. The van der Waals surface area contributed by atoms with E-state index in [1.54, 1.807) is 6.92 Å². The lowest BCUT2D eigenvalue weighted by Crippen LogP contribution is -2.43. The van der Waals surface area contributed by atoms with Crippen molar-refractivity contribution >= 4 is 41.2 Å². The van der Waals surface area contributed by atoms with Crippen molar-refractivity contribution in [1.82, 2.24) is 14.8 Å². The third-order valence-electron chi connectivity index (χ3n) is 5.35. The van der Waals surface area contributed by atoms with Crippen molar-refractivity contribution in [2.45, 2.75) is 24.9 Å². The van der Waals surface area contributed by atoms with Gasteiger partial charge in [-0.25, -0.2) is 4.98 Å². The first-order valence-electron chi connectivity index (χ1n) is 9.96. The highest BCUT2D eigenvalue weighted by molar-refractivity contribution is 7.93. The van der Waals surface area contributed by atoms with E-state index in [9.17, 15) is 26.6 Å². The summed E-state index contributed by atoms with van der Waals surface area (Å²) in [5.41, 5.74) is 4.94. The van der Waals surface area contributed by atoms with Crippen LogP contribution in [0.4, 0.5) is 34.2 Å². The predicted octanol–water partition coefficient (Wildman–Crippen LogP) is 4.47. The number of amides is 2. The molecule has 4 rings (SSSR count). The summed E-state index contributed by atoms with van der Waals surface area (Å²) in [7, 11) is 0. The van der Waals surface area contributed by atoms with E-state index < -0.39 is 29.3 Å². The Labute approximate surface area is 195 Å². The third-order valence-corrected chi connectivity index (χ3v) is 5.77. The van der Waals surface area contributed by atoms with Crippen molar-refractivity contribution < 1.29 is 26.6 Å². The van der Waals surface area contributed by atoms with Gasteiger partial charge in [0.05, 0.1) is 34.8 Å². The lowest BCUT2D eigenvalue weighted by Gasteiger charge is -2.32. The minimum absolute atomic E-state index is 0.00498. The summed E-state index contributed by atoms with van der Waals surface area (Å²) in [4.78, 5) is 31.2. The highest BCUT2D eigenvalue weighted by atomic mass is 32.2. The molecule has 0 bridgehead atoms. The van der Waals surface area contributed by atoms with Crippen molar-refractivity contribution in [3.63, 3.8) is 0 Å². The number of nitrogen functional groups attached to an aromatic ring is 1. The van der Waals surface area contributed by atoms with Gasteiger partial charge in [0.1, 0.15) is 5.82 Å². The number of alkyl halides is 3. The molecule has 0 saturated carbocycles. The van der Waals surface area contributed by atoms with Crippen molar-refractivity contribution in [2.75, 3.05) is 22.5 Å². The van der Waals surface area contributed by atoms with Crippen LogP contribution in [-0.4, -0.2) is 33.1 Å². The molecular weight excluding hydrogens is 476 g/mol. The van der Waals surface area contributed by atoms with Gasteiger partial charge in [0.25, 0.3) is 11.8 Å². The van der Waals surface area contributed by atoms with Crippen LogP contribution in [0.5, 0.6) is 0 Å². The largest absolute Gasteiger partial charge is 0.416 e. The number of halogens is 4. The Morgan fingerprint density at radius 3 is 2.76 bits per heavy atom. The second-order valence-corrected chi connectivity index (χ2v) is 8.11. The van der Waals surface area contributed by atoms with Gasteiger partial charge in [0.2, 0.25) is 0 Å². The Kier molecular flexibility index (Phi) is 6.21. The fraction of sp³-hybridized carbons (Fsp3) is 0.238. The van der Waals surface area contributed by atoms with Crippen LogP contribution in [0.15, 0.2) is 42.7 Å². The molecule has 34 heavy (non-hydrogen) atoms. The Hall–Kier alpha value is -3.61. The van der Waals surface area contributed by atoms with Crippen molar-refractivity contribution in [1.29, 1.82) is 0 Å². The van der Waals surface area contributed by atoms with Crippen molar-refractivity contribution in [2.24, 2.45) is 0 Å². The van der Waals surface area contributed by atoms with Gasteiger partial charge in [0, 0.05) is 30.6 Å². The van der Waals surface area contributed by atoms with Crippen LogP contribution in [0.1, 0.15) is 44.9 Å². The molecule has 3 N–H and O–H groups in total. The van der Waals surface area contributed by atoms with E-state index in [1.165, 1.54) is 40.2 Å². The van der Waals surface area contributed by atoms with E-state index in [4.69, 9.17) is 5.73 Å². The molecule has 1 aliphatic heterocycles. The topological polar surface area (TPSA) is 106 Å². The molecule has 0 spiro atoms. The van der Waals surface area contributed by atoms with Gasteiger partial charge in [-0.2, -0.15) is 22.2 Å². The standard InChI is InChI=1S/C21H18F4N6O2S/c1-11-9-30(13-4-5-15(21(22,23)24)12(7-13)10-34-25)20(33)17-16(8-28-31(11)17)29-19(32)14-3-2-6-27-18(14)26/h2-8,11H,9-10H2,1H3,(H2,26,27)(H,29,32)/t11-/m0/s1. The van der Waals surface area contributed by atoms with E-state index in [0.717, 1.165) is 12.1 Å². The molecule has 0 fully saturated rings. The molecule has 2 amide bonds. The number of hydrogen-bond donors (Lipinski definition) is 2. The number of carbonyl (C=O) groups is 2. The minimum Gasteiger partial charge on any atom is -0.383 e. The second kappa shape index (κ2) is 8.97. The Morgan fingerprint density at radius 1 is 1.32 bits per heavy atom. The van der Waals surface area contributed by atoms with Crippen molar-refractivity contribution in [3.8, 4) is 0 Å². The first-order chi connectivity index (χ1) is 16.1. The quantitative estimate of drug-likeness (QED) is 0.507. The smallest absolute Gasteiger partial charge is 0.383 e. The molecule has 8 nitrogen and oxygen atoms in total. The van der Waals surface area contributed by atoms with E-state index in [2.05, 4.69) is 15.4 Å². The molecule has 0 unspecified atom stereocenters. The Balaban J connectivity index is 1.69. The third kappa shape index (κ3) is 4.30. The van der Waals surface area contributed by atoms with Crippen LogP contribution in [0.2, 0.25) is 0 Å². The number of carbonyl (C=O) groups excluding carboxylic acids is 2. The number of rotatable bonds is 5. The van der Waals surface area contributed by atoms with Crippen LogP contribution in [0.25, 0.3) is 0 Å². The molecule has 3 heterocycles. The number of hydrogen-bond acceptors (Lipinski definition) is 6. The lowest BCUT2D eigenvalue weighted by atomic mass is 10.1. The molecule has 1 aliphatic rings. The van der Waals surface area contributed by atoms with Gasteiger partial charge in [-0.05, 0) is 42.8 Å². The molecule has 2 aromatic heterocycles. The van der Waals surface area contributed by atoms with Crippen LogP contribution < -0.4 is 16.0 Å². The lowest BCUT2D eigenvalue weighted by molar-refractivity contribution is -0.138. The van der Waals surface area contributed by atoms with E-state index in [0.29, 0.717) is 0 Å². The number of fused-ring (bicyclic) bond motifs is 1. The normalized spacial score (nSPS) is 15.9. The van der Waals surface area contributed by atoms with E-state index >= 15 is 0 Å². The molecule has 13 heteroatoms. The minimum atomic E-state index is -4.66. The Bertz CT molecular complexity index is 1260. The van der Waals surface area contributed by atoms with Gasteiger partial charge in [-0.1, -0.05) is 0 Å². The number of benzene rings is 1. The number of nitrogens with zero attached hydrogens (tertiary/aromatic N) is 4.